The number of hydrogen-bond donors (Lipinski definition) is 3. The number of fused-ring (bicyclic) bond motifs is 1. The van der Waals surface area contributed by atoms with Crippen LogP contribution >= 0.6 is 0 Å². The molecule has 0 spiro atoms. The van der Waals surface area contributed by atoms with Crippen LogP contribution in [0.1, 0.15) is 49.4 Å². The third kappa shape index (κ3) is 3.46. The van der Waals surface area contributed by atoms with Crippen molar-refractivity contribution < 1.29 is 14.6 Å². The van der Waals surface area contributed by atoms with Gasteiger partial charge in [-0.2, -0.15) is 0 Å². The van der Waals surface area contributed by atoms with Crippen LogP contribution in [0.25, 0.3) is 0 Å². The number of ether oxygens (including phenoxy) is 1. The molecule has 5 nitrogen and oxygen atoms in total. The van der Waals surface area contributed by atoms with Gasteiger partial charge in [0.15, 0.2) is 5.78 Å². The maximum Gasteiger partial charge on any atom is 0.163 e. The monoisotopic (exact) mass is 392 g/mol. The number of allylic oxidation sites excluding steroid dienone is 1. The SMILES string of the molecule is COc1ccc(O)c([C@H]2Nc3cc(C)c(C)cc3NC3=C2C(=O)CC(C)(C)C3)c1. The van der Waals surface area contributed by atoms with Crippen molar-refractivity contribution >= 4 is 17.2 Å². The highest BCUT2D eigenvalue weighted by molar-refractivity contribution is 6.01. The summed E-state index contributed by atoms with van der Waals surface area (Å²) in [7, 11) is 1.60. The van der Waals surface area contributed by atoms with Crippen LogP contribution < -0.4 is 15.4 Å². The highest BCUT2D eigenvalue weighted by atomic mass is 16.5. The second-order valence-electron chi connectivity index (χ2n) is 8.94. The first-order valence-corrected chi connectivity index (χ1v) is 9.96. The van der Waals surface area contributed by atoms with Crippen LogP contribution in [0.3, 0.4) is 0 Å². The smallest absolute Gasteiger partial charge is 0.163 e. The number of nitrogens with one attached hydrogen (secondary N) is 2. The fourth-order valence-electron chi connectivity index (χ4n) is 4.33. The lowest BCUT2D eigenvalue weighted by atomic mass is 9.73. The average Bonchev–Trinajstić information content (AvgIpc) is 2.78. The molecule has 0 radical (unpaired) electrons. The summed E-state index contributed by atoms with van der Waals surface area (Å²) < 4.78 is 5.38. The van der Waals surface area contributed by atoms with E-state index < -0.39 is 6.04 Å². The van der Waals surface area contributed by atoms with Gasteiger partial charge in [-0.3, -0.25) is 4.79 Å². The molecule has 0 saturated carbocycles. The van der Waals surface area contributed by atoms with E-state index >= 15 is 0 Å². The summed E-state index contributed by atoms with van der Waals surface area (Å²) in [6, 6.07) is 8.89. The minimum Gasteiger partial charge on any atom is -0.508 e. The number of carbonyl (C=O) groups is 1. The van der Waals surface area contributed by atoms with E-state index in [9.17, 15) is 9.90 Å². The Bertz CT molecular complexity index is 1040. The predicted molar refractivity (Wildman–Crippen MR) is 116 cm³/mol. The number of Topliss-reactive ketones (excluding diaryl/α,β-unsaturated/α-hetero) is 1. The standard InChI is InChI=1S/C24H28N2O3/c1-13-8-17-18(9-14(13)2)26-23(16-10-15(29-5)6-7-20(16)27)22-19(25-17)11-24(3,4)12-21(22)28/h6-10,23,25-27H,11-12H2,1-5H3/t23-/m1/s1. The Hall–Kier alpha value is -2.95. The Morgan fingerprint density at radius 3 is 2.45 bits per heavy atom. The minimum atomic E-state index is -0.459. The van der Waals surface area contributed by atoms with Crippen molar-refractivity contribution in [3.05, 3.63) is 58.3 Å². The number of methoxy groups -OCH3 is 1. The van der Waals surface area contributed by atoms with Crippen LogP contribution in [0.2, 0.25) is 0 Å². The van der Waals surface area contributed by atoms with E-state index in [0.717, 1.165) is 29.1 Å². The molecule has 29 heavy (non-hydrogen) atoms. The first-order chi connectivity index (χ1) is 13.7. The number of aryl methyl sites for hydroxylation is 2. The molecule has 2 aliphatic rings. The fourth-order valence-corrected chi connectivity index (χ4v) is 4.33. The quantitative estimate of drug-likeness (QED) is 0.652. The molecule has 0 amide bonds. The molecule has 0 bridgehead atoms. The predicted octanol–water partition coefficient (Wildman–Crippen LogP) is 5.24. The van der Waals surface area contributed by atoms with Crippen molar-refractivity contribution in [1.82, 2.24) is 0 Å². The van der Waals surface area contributed by atoms with Gasteiger partial charge in [-0.15, -0.1) is 0 Å². The summed E-state index contributed by atoms with van der Waals surface area (Å²) in [6.07, 6.45) is 1.24. The maximum atomic E-state index is 13.3. The molecule has 0 aromatic heterocycles. The van der Waals surface area contributed by atoms with Crippen molar-refractivity contribution in [2.75, 3.05) is 17.7 Å². The Morgan fingerprint density at radius 1 is 1.07 bits per heavy atom. The Morgan fingerprint density at radius 2 is 1.76 bits per heavy atom. The molecule has 5 heteroatoms. The van der Waals surface area contributed by atoms with Gasteiger partial charge in [0.2, 0.25) is 0 Å². The van der Waals surface area contributed by atoms with Gasteiger partial charge in [-0.25, -0.2) is 0 Å². The van der Waals surface area contributed by atoms with E-state index in [1.54, 1.807) is 25.3 Å². The number of anilines is 2. The third-order valence-electron chi connectivity index (χ3n) is 5.97. The number of rotatable bonds is 2. The van der Waals surface area contributed by atoms with E-state index in [0.29, 0.717) is 23.3 Å². The lowest BCUT2D eigenvalue weighted by Crippen LogP contribution is -2.31. The van der Waals surface area contributed by atoms with E-state index in [1.807, 2.05) is 0 Å². The number of benzene rings is 2. The number of hydrogen-bond acceptors (Lipinski definition) is 5. The first-order valence-electron chi connectivity index (χ1n) is 9.96. The molecule has 0 saturated heterocycles. The van der Waals surface area contributed by atoms with Crippen LogP contribution in [0, 0.1) is 19.3 Å². The zero-order chi connectivity index (χ0) is 20.9. The largest absolute Gasteiger partial charge is 0.508 e. The van der Waals surface area contributed by atoms with E-state index in [2.05, 4.69) is 50.5 Å². The fraction of sp³-hybridized carbons (Fsp3) is 0.375. The molecule has 2 aromatic rings. The Labute approximate surface area is 171 Å². The molecule has 2 aromatic carbocycles. The Balaban J connectivity index is 1.94. The van der Waals surface area contributed by atoms with Gasteiger partial charge < -0.3 is 20.5 Å². The molecule has 0 unspecified atom stereocenters. The lowest BCUT2D eigenvalue weighted by Gasteiger charge is -2.34. The molecule has 0 fully saturated rings. The van der Waals surface area contributed by atoms with Crippen LogP contribution in [-0.4, -0.2) is 18.0 Å². The molecule has 1 aliphatic heterocycles. The second kappa shape index (κ2) is 6.83. The Kier molecular flexibility index (Phi) is 4.56. The van der Waals surface area contributed by atoms with Crippen LogP contribution in [0.4, 0.5) is 11.4 Å². The molecule has 1 aliphatic carbocycles. The van der Waals surface area contributed by atoms with Gasteiger partial charge >= 0.3 is 0 Å². The van der Waals surface area contributed by atoms with Crippen molar-refractivity contribution in [1.29, 1.82) is 0 Å². The van der Waals surface area contributed by atoms with Crippen molar-refractivity contribution in [2.24, 2.45) is 5.41 Å². The summed E-state index contributed by atoms with van der Waals surface area (Å²) in [6.45, 7) is 8.39. The topological polar surface area (TPSA) is 70.6 Å². The summed E-state index contributed by atoms with van der Waals surface area (Å²) in [5, 5.41) is 17.7. The first kappa shape index (κ1) is 19.4. The minimum absolute atomic E-state index is 0.102. The van der Waals surface area contributed by atoms with Gasteiger partial charge in [-0.05, 0) is 67.1 Å². The molecule has 1 heterocycles. The summed E-state index contributed by atoms with van der Waals surface area (Å²) >= 11 is 0. The van der Waals surface area contributed by atoms with Gasteiger partial charge in [0.1, 0.15) is 11.5 Å². The van der Waals surface area contributed by atoms with Crippen molar-refractivity contribution in [3.8, 4) is 11.5 Å². The number of aromatic hydroxyl groups is 1. The maximum absolute atomic E-state index is 13.3. The van der Waals surface area contributed by atoms with Crippen LogP contribution in [-0.2, 0) is 4.79 Å². The lowest BCUT2D eigenvalue weighted by molar-refractivity contribution is -0.118. The molecule has 3 N–H and O–H groups in total. The van der Waals surface area contributed by atoms with Gasteiger partial charge in [0.05, 0.1) is 24.5 Å². The number of carbonyl (C=O) groups excluding carboxylic acids is 1. The van der Waals surface area contributed by atoms with Crippen molar-refractivity contribution in [2.45, 2.75) is 46.6 Å². The van der Waals surface area contributed by atoms with E-state index in [-0.39, 0.29) is 16.9 Å². The molecule has 1 atom stereocenters. The number of phenolic OH excluding ortho intramolecular Hbond substituents is 1. The van der Waals surface area contributed by atoms with E-state index in [4.69, 9.17) is 4.74 Å². The second-order valence-corrected chi connectivity index (χ2v) is 8.94. The zero-order valence-corrected chi connectivity index (χ0v) is 17.6. The summed E-state index contributed by atoms with van der Waals surface area (Å²) in [5.41, 5.74) is 6.36. The molecular formula is C24H28N2O3. The highest BCUT2D eigenvalue weighted by Gasteiger charge is 2.39. The summed E-state index contributed by atoms with van der Waals surface area (Å²) in [4.78, 5) is 13.3. The van der Waals surface area contributed by atoms with Crippen LogP contribution in [0.15, 0.2) is 41.6 Å². The normalized spacial score (nSPS) is 20.2. The third-order valence-corrected chi connectivity index (χ3v) is 5.97. The van der Waals surface area contributed by atoms with Crippen LogP contribution in [0.5, 0.6) is 11.5 Å². The number of ketones is 1. The van der Waals surface area contributed by atoms with Crippen molar-refractivity contribution in [3.63, 3.8) is 0 Å². The van der Waals surface area contributed by atoms with E-state index in [1.165, 1.54) is 5.56 Å². The molecular weight excluding hydrogens is 364 g/mol. The average molecular weight is 392 g/mol. The summed E-state index contributed by atoms with van der Waals surface area (Å²) in [5.74, 6) is 0.882. The molecule has 152 valence electrons. The van der Waals surface area contributed by atoms with Gasteiger partial charge in [0, 0.05) is 23.3 Å². The van der Waals surface area contributed by atoms with Gasteiger partial charge in [0.25, 0.3) is 0 Å². The zero-order valence-electron chi connectivity index (χ0n) is 17.6. The number of phenols is 1. The molecule has 4 rings (SSSR count). The highest BCUT2D eigenvalue weighted by Crippen LogP contribution is 2.47. The van der Waals surface area contributed by atoms with Gasteiger partial charge in [-0.1, -0.05) is 13.8 Å².